The Labute approximate surface area is 76.9 Å². The van der Waals surface area contributed by atoms with Crippen LogP contribution in [0.2, 0.25) is 0 Å². The summed E-state index contributed by atoms with van der Waals surface area (Å²) < 4.78 is 0. The molecule has 2 amide bonds. The van der Waals surface area contributed by atoms with E-state index < -0.39 is 0 Å². The lowest BCUT2D eigenvalue weighted by Gasteiger charge is -2.03. The van der Waals surface area contributed by atoms with Gasteiger partial charge in [-0.05, 0) is 0 Å². The fourth-order valence-corrected chi connectivity index (χ4v) is 0.589. The molecule has 0 aromatic heterocycles. The van der Waals surface area contributed by atoms with E-state index in [1.807, 2.05) is 0 Å². The van der Waals surface area contributed by atoms with Crippen molar-refractivity contribution in [3.8, 4) is 0 Å². The Bertz CT molecular complexity index is 213. The lowest BCUT2D eigenvalue weighted by atomic mass is 10.3. The Kier molecular flexibility index (Phi) is 5.50. The first-order valence-corrected chi connectivity index (χ1v) is 4.09. The summed E-state index contributed by atoms with van der Waals surface area (Å²) in [7, 11) is 0. The first-order chi connectivity index (χ1) is 6.06. The van der Waals surface area contributed by atoms with E-state index in [9.17, 15) is 14.4 Å². The van der Waals surface area contributed by atoms with Crippen molar-refractivity contribution in [1.29, 1.82) is 0 Å². The standard InChI is InChI=1S/C8H14N2O3/c1-3-7(12)4-10-8(13)5-9-6(2)11/h3-5H2,1-2H3,(H,9,11)(H,10,13). The maximum atomic E-state index is 10.9. The highest BCUT2D eigenvalue weighted by Crippen LogP contribution is 1.77. The maximum Gasteiger partial charge on any atom is 0.239 e. The second-order valence-corrected chi connectivity index (χ2v) is 2.58. The van der Waals surface area contributed by atoms with E-state index in [4.69, 9.17) is 0 Å². The summed E-state index contributed by atoms with van der Waals surface area (Å²) >= 11 is 0. The fourth-order valence-electron chi connectivity index (χ4n) is 0.589. The normalized spacial score (nSPS) is 9.08. The number of carbonyl (C=O) groups is 3. The van der Waals surface area contributed by atoms with Crippen LogP contribution in [-0.4, -0.2) is 30.7 Å². The van der Waals surface area contributed by atoms with E-state index >= 15 is 0 Å². The molecule has 0 heterocycles. The second-order valence-electron chi connectivity index (χ2n) is 2.58. The smallest absolute Gasteiger partial charge is 0.239 e. The van der Waals surface area contributed by atoms with E-state index in [1.165, 1.54) is 6.92 Å². The Morgan fingerprint density at radius 2 is 1.69 bits per heavy atom. The van der Waals surface area contributed by atoms with Gasteiger partial charge < -0.3 is 10.6 Å². The molecule has 0 aliphatic heterocycles. The van der Waals surface area contributed by atoms with Crippen molar-refractivity contribution in [2.24, 2.45) is 0 Å². The zero-order valence-corrected chi connectivity index (χ0v) is 7.85. The van der Waals surface area contributed by atoms with Crippen molar-refractivity contribution < 1.29 is 14.4 Å². The number of hydrogen-bond donors (Lipinski definition) is 2. The number of Topliss-reactive ketones (excluding diaryl/α,β-unsaturated/α-hetero) is 1. The summed E-state index contributed by atoms with van der Waals surface area (Å²) in [6, 6.07) is 0. The molecule has 0 radical (unpaired) electrons. The number of carbonyl (C=O) groups excluding carboxylic acids is 3. The molecule has 0 unspecified atom stereocenters. The number of rotatable bonds is 5. The SMILES string of the molecule is CCC(=O)CNC(=O)CNC(C)=O. The van der Waals surface area contributed by atoms with Gasteiger partial charge in [0.1, 0.15) is 0 Å². The fraction of sp³-hybridized carbons (Fsp3) is 0.625. The average molecular weight is 186 g/mol. The molecule has 0 atom stereocenters. The molecule has 5 nitrogen and oxygen atoms in total. The summed E-state index contributed by atoms with van der Waals surface area (Å²) in [6.07, 6.45) is 0.403. The van der Waals surface area contributed by atoms with Crippen LogP contribution in [0, 0.1) is 0 Å². The van der Waals surface area contributed by atoms with Crippen LogP contribution in [0.3, 0.4) is 0 Å². The molecule has 13 heavy (non-hydrogen) atoms. The van der Waals surface area contributed by atoms with Gasteiger partial charge in [0, 0.05) is 13.3 Å². The van der Waals surface area contributed by atoms with Crippen LogP contribution < -0.4 is 10.6 Å². The van der Waals surface area contributed by atoms with Gasteiger partial charge in [-0.15, -0.1) is 0 Å². The topological polar surface area (TPSA) is 75.3 Å². The summed E-state index contributed by atoms with van der Waals surface area (Å²) in [5, 5.41) is 4.71. The molecule has 5 heteroatoms. The van der Waals surface area contributed by atoms with Gasteiger partial charge in [0.25, 0.3) is 0 Å². The molecule has 0 aliphatic rings. The Morgan fingerprint density at radius 1 is 1.08 bits per heavy atom. The minimum atomic E-state index is -0.350. The number of nitrogens with one attached hydrogen (secondary N) is 2. The van der Waals surface area contributed by atoms with Crippen molar-refractivity contribution >= 4 is 17.6 Å². The highest BCUT2D eigenvalue weighted by Gasteiger charge is 2.03. The van der Waals surface area contributed by atoms with Crippen molar-refractivity contribution in [1.82, 2.24) is 10.6 Å². The van der Waals surface area contributed by atoms with E-state index in [2.05, 4.69) is 10.6 Å². The molecule has 0 aromatic carbocycles. The molecule has 0 saturated carbocycles. The first-order valence-electron chi connectivity index (χ1n) is 4.09. The van der Waals surface area contributed by atoms with Gasteiger partial charge in [-0.2, -0.15) is 0 Å². The third-order valence-corrected chi connectivity index (χ3v) is 1.37. The van der Waals surface area contributed by atoms with Gasteiger partial charge in [0.05, 0.1) is 13.1 Å². The summed E-state index contributed by atoms with van der Waals surface area (Å²) in [6.45, 7) is 3.01. The van der Waals surface area contributed by atoms with Crippen LogP contribution in [0.1, 0.15) is 20.3 Å². The van der Waals surface area contributed by atoms with Crippen molar-refractivity contribution in [3.05, 3.63) is 0 Å². The molecule has 0 spiro atoms. The largest absolute Gasteiger partial charge is 0.347 e. The molecule has 0 rings (SSSR count). The average Bonchev–Trinajstić information content (AvgIpc) is 2.10. The number of hydrogen-bond acceptors (Lipinski definition) is 3. The monoisotopic (exact) mass is 186 g/mol. The van der Waals surface area contributed by atoms with Gasteiger partial charge in [-0.1, -0.05) is 6.92 Å². The van der Waals surface area contributed by atoms with Crippen LogP contribution in [-0.2, 0) is 14.4 Å². The van der Waals surface area contributed by atoms with Gasteiger partial charge >= 0.3 is 0 Å². The predicted molar refractivity (Wildman–Crippen MR) is 47.0 cm³/mol. The Balaban J connectivity index is 3.52. The van der Waals surface area contributed by atoms with Crippen LogP contribution in [0.5, 0.6) is 0 Å². The zero-order valence-electron chi connectivity index (χ0n) is 7.85. The molecular weight excluding hydrogens is 172 g/mol. The van der Waals surface area contributed by atoms with Gasteiger partial charge in [0.15, 0.2) is 5.78 Å². The molecule has 0 saturated heterocycles. The zero-order chi connectivity index (χ0) is 10.3. The van der Waals surface area contributed by atoms with Crippen molar-refractivity contribution in [2.45, 2.75) is 20.3 Å². The van der Waals surface area contributed by atoms with Gasteiger partial charge in [-0.25, -0.2) is 0 Å². The maximum absolute atomic E-state index is 10.9. The molecular formula is C8H14N2O3. The number of amides is 2. The molecule has 0 fully saturated rings. The highest BCUT2D eigenvalue weighted by molar-refractivity contribution is 5.88. The van der Waals surface area contributed by atoms with E-state index in [-0.39, 0.29) is 30.7 Å². The minimum Gasteiger partial charge on any atom is -0.347 e. The van der Waals surface area contributed by atoms with Gasteiger partial charge in [-0.3, -0.25) is 14.4 Å². The quantitative estimate of drug-likeness (QED) is 0.591. The Hall–Kier alpha value is -1.39. The molecule has 0 bridgehead atoms. The Morgan fingerprint density at radius 3 is 2.15 bits per heavy atom. The third-order valence-electron chi connectivity index (χ3n) is 1.37. The first kappa shape index (κ1) is 11.6. The lowest BCUT2D eigenvalue weighted by molar-refractivity contribution is -0.126. The highest BCUT2D eigenvalue weighted by atomic mass is 16.2. The molecule has 0 aromatic rings. The summed E-state index contributed by atoms with van der Waals surface area (Å²) in [5.41, 5.74) is 0. The van der Waals surface area contributed by atoms with Crippen LogP contribution >= 0.6 is 0 Å². The van der Waals surface area contributed by atoms with Crippen LogP contribution in [0.4, 0.5) is 0 Å². The predicted octanol–water partition coefficient (Wildman–Crippen LogP) is -0.782. The van der Waals surface area contributed by atoms with E-state index in [1.54, 1.807) is 6.92 Å². The van der Waals surface area contributed by atoms with Gasteiger partial charge in [0.2, 0.25) is 11.8 Å². The molecule has 74 valence electrons. The van der Waals surface area contributed by atoms with Crippen LogP contribution in [0.25, 0.3) is 0 Å². The minimum absolute atomic E-state index is 0.0313. The second kappa shape index (κ2) is 6.16. The summed E-state index contributed by atoms with van der Waals surface area (Å²) in [4.78, 5) is 32.0. The summed E-state index contributed by atoms with van der Waals surface area (Å²) in [5.74, 6) is -0.648. The molecule has 2 N–H and O–H groups in total. The lowest BCUT2D eigenvalue weighted by Crippen LogP contribution is -2.38. The molecule has 0 aliphatic carbocycles. The van der Waals surface area contributed by atoms with Crippen LogP contribution in [0.15, 0.2) is 0 Å². The number of ketones is 1. The van der Waals surface area contributed by atoms with E-state index in [0.29, 0.717) is 6.42 Å². The van der Waals surface area contributed by atoms with E-state index in [0.717, 1.165) is 0 Å². The van der Waals surface area contributed by atoms with Crippen molar-refractivity contribution in [3.63, 3.8) is 0 Å². The third kappa shape index (κ3) is 6.99. The van der Waals surface area contributed by atoms with Crippen molar-refractivity contribution in [2.75, 3.05) is 13.1 Å².